The third-order valence-corrected chi connectivity index (χ3v) is 3.87. The van der Waals surface area contributed by atoms with Crippen molar-refractivity contribution in [3.63, 3.8) is 0 Å². The van der Waals surface area contributed by atoms with E-state index < -0.39 is 23.6 Å². The van der Waals surface area contributed by atoms with Gasteiger partial charge in [-0.15, -0.1) is 0 Å². The van der Waals surface area contributed by atoms with Crippen LogP contribution >= 0.6 is 0 Å². The molecule has 2 amide bonds. The summed E-state index contributed by atoms with van der Waals surface area (Å²) in [7, 11) is 0. The molecule has 2 N–H and O–H groups in total. The highest BCUT2D eigenvalue weighted by molar-refractivity contribution is 5.96. The van der Waals surface area contributed by atoms with Gasteiger partial charge in [0.1, 0.15) is 0 Å². The number of carbonyl (C=O) groups is 2. The van der Waals surface area contributed by atoms with Crippen LogP contribution in [0, 0.1) is 0 Å². The summed E-state index contributed by atoms with van der Waals surface area (Å²) in [6.45, 7) is 0.426. The van der Waals surface area contributed by atoms with E-state index in [1.807, 2.05) is 0 Å². The molecular formula is C15H13F3N4O2. The van der Waals surface area contributed by atoms with Crippen molar-refractivity contribution in [1.29, 1.82) is 0 Å². The van der Waals surface area contributed by atoms with E-state index in [1.54, 1.807) is 0 Å². The summed E-state index contributed by atoms with van der Waals surface area (Å²) < 4.78 is 40.4. The highest BCUT2D eigenvalue weighted by Gasteiger charge is 2.39. The minimum absolute atomic E-state index is 0.194. The third-order valence-electron chi connectivity index (χ3n) is 3.87. The first-order valence-electron chi connectivity index (χ1n) is 7.07. The summed E-state index contributed by atoms with van der Waals surface area (Å²) in [5.41, 5.74) is 4.05. The van der Waals surface area contributed by atoms with Crippen LogP contribution in [0.4, 0.5) is 13.2 Å². The Balaban J connectivity index is 1.72. The van der Waals surface area contributed by atoms with Gasteiger partial charge in [-0.25, -0.2) is 0 Å². The molecule has 1 saturated heterocycles. The maximum atomic E-state index is 13.0. The normalized spacial score (nSPS) is 15.2. The van der Waals surface area contributed by atoms with Crippen LogP contribution in [0.15, 0.2) is 36.7 Å². The molecule has 6 nitrogen and oxygen atoms in total. The summed E-state index contributed by atoms with van der Waals surface area (Å²) in [6.07, 6.45) is -1.82. The number of carbonyl (C=O) groups excluding carboxylic acids is 2. The second-order valence-corrected chi connectivity index (χ2v) is 5.48. The van der Waals surface area contributed by atoms with Crippen LogP contribution in [0.2, 0.25) is 0 Å². The average molecular weight is 338 g/mol. The highest BCUT2D eigenvalue weighted by atomic mass is 19.4. The number of aromatic nitrogens is 2. The Bertz CT molecular complexity index is 794. The van der Waals surface area contributed by atoms with Gasteiger partial charge in [0.2, 0.25) is 0 Å². The Morgan fingerprint density at radius 3 is 2.46 bits per heavy atom. The van der Waals surface area contributed by atoms with E-state index in [0.29, 0.717) is 0 Å². The molecule has 24 heavy (non-hydrogen) atoms. The van der Waals surface area contributed by atoms with E-state index in [4.69, 9.17) is 5.73 Å². The number of nitrogens with two attached hydrogens (primary N) is 1. The maximum Gasteiger partial charge on any atom is 0.417 e. The number of benzene rings is 1. The predicted molar refractivity (Wildman–Crippen MR) is 77.1 cm³/mol. The SMILES string of the molecule is NC(=O)c1cnn(C2CN(C(=O)c3ccccc3C(F)(F)F)C2)c1. The number of hydrogen-bond donors (Lipinski definition) is 1. The number of primary amides is 1. The van der Waals surface area contributed by atoms with Crippen molar-refractivity contribution in [1.82, 2.24) is 14.7 Å². The van der Waals surface area contributed by atoms with Gasteiger partial charge in [0, 0.05) is 19.3 Å². The highest BCUT2D eigenvalue weighted by Crippen LogP contribution is 2.33. The zero-order chi connectivity index (χ0) is 17.5. The minimum atomic E-state index is -4.59. The Morgan fingerprint density at radius 2 is 1.88 bits per heavy atom. The van der Waals surface area contributed by atoms with Crippen molar-refractivity contribution in [3.8, 4) is 0 Å². The third kappa shape index (κ3) is 2.84. The lowest BCUT2D eigenvalue weighted by atomic mass is 10.0. The van der Waals surface area contributed by atoms with Crippen LogP contribution < -0.4 is 5.73 Å². The Hall–Kier alpha value is -2.84. The van der Waals surface area contributed by atoms with Crippen LogP contribution in [0.25, 0.3) is 0 Å². The summed E-state index contributed by atoms with van der Waals surface area (Å²) >= 11 is 0. The van der Waals surface area contributed by atoms with Crippen molar-refractivity contribution in [3.05, 3.63) is 53.3 Å². The first kappa shape index (κ1) is 16.0. The van der Waals surface area contributed by atoms with Gasteiger partial charge in [0.15, 0.2) is 0 Å². The Labute approximate surface area is 134 Å². The Morgan fingerprint density at radius 1 is 1.21 bits per heavy atom. The van der Waals surface area contributed by atoms with Gasteiger partial charge < -0.3 is 10.6 Å². The molecule has 2 heterocycles. The standard InChI is InChI=1S/C15H13F3N4O2/c16-15(17,18)12-4-2-1-3-11(12)14(24)21-7-10(8-21)22-6-9(5-20-22)13(19)23/h1-6,10H,7-8H2,(H2,19,23). The van der Waals surface area contributed by atoms with Crippen LogP contribution in [0.3, 0.4) is 0 Å². The van der Waals surface area contributed by atoms with Crippen LogP contribution in [-0.4, -0.2) is 39.6 Å². The number of hydrogen-bond acceptors (Lipinski definition) is 3. The molecule has 2 aromatic rings. The van der Waals surface area contributed by atoms with Crippen molar-refractivity contribution in [2.45, 2.75) is 12.2 Å². The van der Waals surface area contributed by atoms with Gasteiger partial charge in [0.05, 0.1) is 28.9 Å². The molecule has 1 fully saturated rings. The van der Waals surface area contributed by atoms with Gasteiger partial charge in [-0.3, -0.25) is 14.3 Å². The van der Waals surface area contributed by atoms with E-state index in [0.717, 1.165) is 12.1 Å². The molecule has 126 valence electrons. The smallest absolute Gasteiger partial charge is 0.366 e. The molecular weight excluding hydrogens is 325 g/mol. The molecule has 3 rings (SSSR count). The molecule has 0 atom stereocenters. The van der Waals surface area contributed by atoms with Gasteiger partial charge in [-0.1, -0.05) is 12.1 Å². The molecule has 9 heteroatoms. The monoisotopic (exact) mass is 338 g/mol. The quantitative estimate of drug-likeness (QED) is 0.925. The van der Waals surface area contributed by atoms with E-state index in [-0.39, 0.29) is 30.3 Å². The first-order valence-corrected chi connectivity index (χ1v) is 7.07. The first-order chi connectivity index (χ1) is 11.3. The van der Waals surface area contributed by atoms with Crippen LogP contribution in [0.1, 0.15) is 32.3 Å². The zero-order valence-electron chi connectivity index (χ0n) is 12.3. The van der Waals surface area contributed by atoms with Gasteiger partial charge in [-0.2, -0.15) is 18.3 Å². The molecule has 0 spiro atoms. The lowest BCUT2D eigenvalue weighted by Crippen LogP contribution is -2.51. The summed E-state index contributed by atoms with van der Waals surface area (Å²) in [5, 5.41) is 3.98. The zero-order valence-corrected chi connectivity index (χ0v) is 12.3. The molecule has 0 unspecified atom stereocenters. The second kappa shape index (κ2) is 5.66. The number of halogens is 3. The molecule has 0 aliphatic carbocycles. The number of likely N-dealkylation sites (tertiary alicyclic amines) is 1. The summed E-state index contributed by atoms with van der Waals surface area (Å²) in [5.74, 6) is -1.30. The lowest BCUT2D eigenvalue weighted by Gasteiger charge is -2.39. The summed E-state index contributed by atoms with van der Waals surface area (Å²) in [6, 6.07) is 4.49. The number of amides is 2. The fourth-order valence-electron chi connectivity index (χ4n) is 2.54. The topological polar surface area (TPSA) is 81.2 Å². The van der Waals surface area contributed by atoms with E-state index in [2.05, 4.69) is 5.10 Å². The summed E-state index contributed by atoms with van der Waals surface area (Å²) in [4.78, 5) is 24.6. The van der Waals surface area contributed by atoms with Gasteiger partial charge >= 0.3 is 6.18 Å². The molecule has 1 aliphatic heterocycles. The van der Waals surface area contributed by atoms with E-state index in [9.17, 15) is 22.8 Å². The molecule has 0 bridgehead atoms. The molecule has 1 aromatic carbocycles. The molecule has 0 radical (unpaired) electrons. The fourth-order valence-corrected chi connectivity index (χ4v) is 2.54. The van der Waals surface area contributed by atoms with Gasteiger partial charge in [0.25, 0.3) is 11.8 Å². The lowest BCUT2D eigenvalue weighted by molar-refractivity contribution is -0.138. The maximum absolute atomic E-state index is 13.0. The fraction of sp³-hybridized carbons (Fsp3) is 0.267. The largest absolute Gasteiger partial charge is 0.417 e. The van der Waals surface area contributed by atoms with E-state index >= 15 is 0 Å². The number of alkyl halides is 3. The average Bonchev–Trinajstić information content (AvgIpc) is 2.94. The Kier molecular flexibility index (Phi) is 3.78. The minimum Gasteiger partial charge on any atom is -0.366 e. The van der Waals surface area contributed by atoms with Crippen LogP contribution in [-0.2, 0) is 6.18 Å². The predicted octanol–water partition coefficient (Wildman–Crippen LogP) is 1.70. The van der Waals surface area contributed by atoms with Crippen molar-refractivity contribution < 1.29 is 22.8 Å². The molecule has 0 saturated carbocycles. The van der Waals surface area contributed by atoms with Crippen molar-refractivity contribution in [2.75, 3.05) is 13.1 Å². The van der Waals surface area contributed by atoms with Crippen molar-refractivity contribution >= 4 is 11.8 Å². The molecule has 1 aliphatic rings. The van der Waals surface area contributed by atoms with E-state index in [1.165, 1.54) is 34.1 Å². The number of rotatable bonds is 3. The second-order valence-electron chi connectivity index (χ2n) is 5.48. The van der Waals surface area contributed by atoms with Crippen LogP contribution in [0.5, 0.6) is 0 Å². The van der Waals surface area contributed by atoms with Gasteiger partial charge in [-0.05, 0) is 12.1 Å². The van der Waals surface area contributed by atoms with Crippen molar-refractivity contribution in [2.24, 2.45) is 5.73 Å². The number of nitrogens with zero attached hydrogens (tertiary/aromatic N) is 3. The molecule has 1 aromatic heterocycles.